The zero-order valence-electron chi connectivity index (χ0n) is 8.15. The van der Waals surface area contributed by atoms with Crippen molar-refractivity contribution in [2.75, 3.05) is 0 Å². The van der Waals surface area contributed by atoms with Crippen molar-refractivity contribution in [2.45, 2.75) is 0 Å². The van der Waals surface area contributed by atoms with Gasteiger partial charge >= 0.3 is 11.5 Å². The van der Waals surface area contributed by atoms with Gasteiger partial charge in [0.25, 0.3) is 0 Å². The number of rotatable bonds is 1. The number of halogens is 2. The van der Waals surface area contributed by atoms with Crippen LogP contribution in [0.15, 0.2) is 23.0 Å². The fraction of sp³-hybridized carbons (Fsp3) is 0. The molecule has 0 aliphatic heterocycles. The molecule has 0 aliphatic rings. The summed E-state index contributed by atoms with van der Waals surface area (Å²) in [5.74, 6) is -4.44. The molecule has 0 radical (unpaired) electrons. The summed E-state index contributed by atoms with van der Waals surface area (Å²) in [4.78, 5) is 22.0. The van der Waals surface area contributed by atoms with Crippen LogP contribution in [0.25, 0.3) is 10.9 Å². The van der Waals surface area contributed by atoms with Crippen LogP contribution in [0.3, 0.4) is 0 Å². The highest BCUT2D eigenvalue weighted by molar-refractivity contribution is 5.93. The minimum absolute atomic E-state index is 0.0923. The molecule has 2 rings (SSSR count). The fourth-order valence-electron chi connectivity index (χ4n) is 1.53. The van der Waals surface area contributed by atoms with E-state index in [4.69, 9.17) is 5.11 Å². The second kappa shape index (κ2) is 3.55. The van der Waals surface area contributed by atoms with E-state index in [9.17, 15) is 23.6 Å². The quantitative estimate of drug-likeness (QED) is 0.735. The summed E-state index contributed by atoms with van der Waals surface area (Å²) in [5.41, 5.74) is -3.18. The van der Waals surface area contributed by atoms with Crippen LogP contribution in [0.5, 0.6) is 0 Å². The second-order valence-electron chi connectivity index (χ2n) is 3.25. The number of fused-ring (bicyclic) bond motifs is 1. The maximum atomic E-state index is 13.7. The zero-order chi connectivity index (χ0) is 12.7. The first-order valence-electron chi connectivity index (χ1n) is 4.40. The van der Waals surface area contributed by atoms with E-state index in [1.165, 1.54) is 0 Å². The molecule has 1 aromatic carbocycles. The van der Waals surface area contributed by atoms with Crippen molar-refractivity contribution in [3.63, 3.8) is 0 Å². The van der Waals surface area contributed by atoms with Crippen molar-refractivity contribution in [1.29, 1.82) is 0 Å². The molecule has 0 spiro atoms. The lowest BCUT2D eigenvalue weighted by molar-refractivity contribution is 0.0683. The molecule has 17 heavy (non-hydrogen) atoms. The number of hydrogen-bond acceptors (Lipinski definition) is 3. The van der Waals surface area contributed by atoms with E-state index in [0.717, 1.165) is 18.2 Å². The van der Waals surface area contributed by atoms with Gasteiger partial charge in [0.2, 0.25) is 0 Å². The highest BCUT2D eigenvalue weighted by Crippen LogP contribution is 2.21. The molecule has 2 aromatic rings. The van der Waals surface area contributed by atoms with Gasteiger partial charge in [-0.1, -0.05) is 6.07 Å². The largest absolute Gasteiger partial charge is 0.477 e. The molecular formula is C10H5F2NO4. The molecule has 88 valence electrons. The Labute approximate surface area is 92.1 Å². The Bertz CT molecular complexity index is 693. The molecule has 0 amide bonds. The second-order valence-corrected chi connectivity index (χ2v) is 3.25. The molecule has 1 aromatic heterocycles. The topological polar surface area (TPSA) is 79.5 Å². The van der Waals surface area contributed by atoms with Crippen LogP contribution in [-0.2, 0) is 0 Å². The minimum atomic E-state index is -1.87. The first-order chi connectivity index (χ1) is 7.95. The van der Waals surface area contributed by atoms with E-state index in [1.807, 2.05) is 0 Å². The van der Waals surface area contributed by atoms with E-state index < -0.39 is 39.6 Å². The first kappa shape index (κ1) is 11.1. The molecule has 0 saturated heterocycles. The molecule has 0 unspecified atom stereocenters. The van der Waals surface area contributed by atoms with E-state index in [1.54, 1.807) is 0 Å². The van der Waals surface area contributed by atoms with Crippen LogP contribution in [0.4, 0.5) is 8.78 Å². The molecule has 0 bridgehead atoms. The standard InChI is InChI=1S/C10H5F2NO4/c11-4-2-1-3-5-6(4)8(12)7(10(15)16)9(14)13(5)17/h1-3,17H,(H,15,16). The number of aromatic nitrogens is 1. The van der Waals surface area contributed by atoms with Crippen molar-refractivity contribution in [3.05, 3.63) is 45.8 Å². The number of carboxylic acids is 1. The summed E-state index contributed by atoms with van der Waals surface area (Å²) in [5, 5.41) is 17.2. The minimum Gasteiger partial charge on any atom is -0.477 e. The number of carbonyl (C=O) groups is 1. The first-order valence-corrected chi connectivity index (χ1v) is 4.40. The molecule has 7 heteroatoms. The smallest absolute Gasteiger partial charge is 0.344 e. The van der Waals surface area contributed by atoms with Crippen LogP contribution in [0.2, 0.25) is 0 Å². The number of hydrogen-bond donors (Lipinski definition) is 2. The lowest BCUT2D eigenvalue weighted by Crippen LogP contribution is -2.27. The predicted molar refractivity (Wildman–Crippen MR) is 52.3 cm³/mol. The van der Waals surface area contributed by atoms with Gasteiger partial charge in [-0.05, 0) is 12.1 Å². The van der Waals surface area contributed by atoms with Crippen molar-refractivity contribution in [3.8, 4) is 0 Å². The third-order valence-electron chi connectivity index (χ3n) is 2.28. The van der Waals surface area contributed by atoms with Crippen LogP contribution < -0.4 is 5.56 Å². The number of nitrogens with zero attached hydrogens (tertiary/aromatic N) is 1. The van der Waals surface area contributed by atoms with Crippen LogP contribution in [0.1, 0.15) is 10.4 Å². The Kier molecular flexibility index (Phi) is 2.31. The average molecular weight is 241 g/mol. The molecule has 1 heterocycles. The van der Waals surface area contributed by atoms with Crippen molar-refractivity contribution in [2.24, 2.45) is 0 Å². The Morgan fingerprint density at radius 1 is 1.29 bits per heavy atom. The van der Waals surface area contributed by atoms with Gasteiger partial charge < -0.3 is 10.3 Å². The third kappa shape index (κ3) is 1.43. The lowest BCUT2D eigenvalue weighted by Gasteiger charge is -2.07. The van der Waals surface area contributed by atoms with E-state index in [-0.39, 0.29) is 4.73 Å². The lowest BCUT2D eigenvalue weighted by atomic mass is 10.1. The molecule has 0 atom stereocenters. The van der Waals surface area contributed by atoms with Gasteiger partial charge in [0.1, 0.15) is 5.82 Å². The van der Waals surface area contributed by atoms with Crippen LogP contribution in [-0.4, -0.2) is 21.0 Å². The average Bonchev–Trinajstić information content (AvgIpc) is 2.25. The maximum Gasteiger partial charge on any atom is 0.344 e. The molecule has 2 N–H and O–H groups in total. The maximum absolute atomic E-state index is 13.7. The van der Waals surface area contributed by atoms with Crippen molar-refractivity contribution >= 4 is 16.9 Å². The highest BCUT2D eigenvalue weighted by atomic mass is 19.1. The summed E-state index contributed by atoms with van der Waals surface area (Å²) in [6, 6.07) is 3.14. The Hall–Kier alpha value is -2.44. The fourth-order valence-corrected chi connectivity index (χ4v) is 1.53. The predicted octanol–water partition coefficient (Wildman–Crippen LogP) is 1.22. The summed E-state index contributed by atoms with van der Waals surface area (Å²) in [6.45, 7) is 0. The molecule has 0 aliphatic carbocycles. The van der Waals surface area contributed by atoms with Gasteiger partial charge in [0.15, 0.2) is 11.4 Å². The zero-order valence-corrected chi connectivity index (χ0v) is 8.15. The number of aromatic carboxylic acids is 1. The normalized spacial score (nSPS) is 10.7. The summed E-state index contributed by atoms with van der Waals surface area (Å²) >= 11 is 0. The molecule has 0 fully saturated rings. The number of carboxylic acid groups (broad SMARTS) is 1. The van der Waals surface area contributed by atoms with Gasteiger partial charge in [-0.3, -0.25) is 4.79 Å². The van der Waals surface area contributed by atoms with Crippen LogP contribution >= 0.6 is 0 Å². The van der Waals surface area contributed by atoms with Gasteiger partial charge in [-0.15, -0.1) is 4.73 Å². The number of benzene rings is 1. The Balaban J connectivity index is 3.13. The van der Waals surface area contributed by atoms with E-state index >= 15 is 0 Å². The Morgan fingerprint density at radius 3 is 2.53 bits per heavy atom. The summed E-state index contributed by atoms with van der Waals surface area (Å²) < 4.78 is 26.9. The molecular weight excluding hydrogens is 236 g/mol. The van der Waals surface area contributed by atoms with Gasteiger partial charge in [0.05, 0.1) is 10.9 Å². The van der Waals surface area contributed by atoms with Crippen LogP contribution in [0, 0.1) is 11.6 Å². The van der Waals surface area contributed by atoms with Gasteiger partial charge in [-0.2, -0.15) is 0 Å². The summed E-state index contributed by atoms with van der Waals surface area (Å²) in [7, 11) is 0. The third-order valence-corrected chi connectivity index (χ3v) is 2.28. The molecule has 5 nitrogen and oxygen atoms in total. The molecule has 0 saturated carbocycles. The monoisotopic (exact) mass is 241 g/mol. The van der Waals surface area contributed by atoms with Gasteiger partial charge in [0, 0.05) is 0 Å². The van der Waals surface area contributed by atoms with Crippen molar-refractivity contribution in [1.82, 2.24) is 4.73 Å². The Morgan fingerprint density at radius 2 is 1.94 bits per heavy atom. The SMILES string of the molecule is O=C(O)c1c(F)c2c(F)cccc2n(O)c1=O. The van der Waals surface area contributed by atoms with E-state index in [2.05, 4.69) is 0 Å². The van der Waals surface area contributed by atoms with Gasteiger partial charge in [-0.25, -0.2) is 13.6 Å². The van der Waals surface area contributed by atoms with Crippen molar-refractivity contribution < 1.29 is 23.9 Å². The van der Waals surface area contributed by atoms with E-state index in [0.29, 0.717) is 0 Å². The highest BCUT2D eigenvalue weighted by Gasteiger charge is 2.23. The summed E-state index contributed by atoms with van der Waals surface area (Å²) in [6.07, 6.45) is 0. The number of pyridine rings is 1.